The lowest BCUT2D eigenvalue weighted by molar-refractivity contribution is -0.191. The van der Waals surface area contributed by atoms with Crippen LogP contribution in [0.5, 0.6) is 11.5 Å². The minimum atomic E-state index is -4.57. The summed E-state index contributed by atoms with van der Waals surface area (Å²) in [5.74, 6) is -1.68. The van der Waals surface area contributed by atoms with Crippen LogP contribution in [0, 0.1) is 0 Å². The number of aromatic hydroxyl groups is 2. The van der Waals surface area contributed by atoms with E-state index in [4.69, 9.17) is 0 Å². The van der Waals surface area contributed by atoms with E-state index >= 15 is 0 Å². The Morgan fingerprint density at radius 3 is 2.47 bits per heavy atom. The Kier molecular flexibility index (Phi) is 7.46. The number of benzene rings is 1. The lowest BCUT2D eigenvalue weighted by Crippen LogP contribution is -2.57. The molecule has 0 saturated heterocycles. The highest BCUT2D eigenvalue weighted by Gasteiger charge is 2.57. The van der Waals surface area contributed by atoms with E-state index in [1.807, 2.05) is 19.9 Å². The first kappa shape index (κ1) is 24.5. The van der Waals surface area contributed by atoms with E-state index in [0.717, 1.165) is 31.3 Å². The van der Waals surface area contributed by atoms with Crippen LogP contribution in [0.1, 0.15) is 105 Å². The molecule has 1 amide bonds. The molecule has 2 aliphatic carbocycles. The average Bonchev–Trinajstić information content (AvgIpc) is 3.18. The fourth-order valence-corrected chi connectivity index (χ4v) is 5.18. The van der Waals surface area contributed by atoms with Crippen LogP contribution in [0.15, 0.2) is 17.7 Å². The molecule has 0 aliphatic heterocycles. The van der Waals surface area contributed by atoms with Gasteiger partial charge in [0.1, 0.15) is 17.0 Å². The molecular weight excluding hydrogens is 419 g/mol. The van der Waals surface area contributed by atoms with Crippen molar-refractivity contribution in [1.29, 1.82) is 0 Å². The van der Waals surface area contributed by atoms with Gasteiger partial charge in [-0.25, -0.2) is 0 Å². The number of hydrogen-bond acceptors (Lipinski definition) is 3. The first-order chi connectivity index (χ1) is 15.1. The molecule has 1 aromatic carbocycles. The molecule has 3 rings (SSSR count). The standard InChI is InChI=1S/C25H34F3NO3/c1-3-4-5-10-18-15-19(30)20(17-11-8-9-16(2)14-17)22(31)21(18)23(32)29-24(25(26,27)28)12-6-7-13-24/h14-15,17,30-31H,3-13H2,1-2H3,(H,29,32). The second-order valence-corrected chi connectivity index (χ2v) is 9.40. The Morgan fingerprint density at radius 1 is 1.19 bits per heavy atom. The molecule has 3 N–H and O–H groups in total. The molecule has 0 radical (unpaired) electrons. The SMILES string of the molecule is CCCCCc1cc(O)c(C2C=C(C)CCC2)c(O)c1C(=O)NC1(C(F)(F)F)CCCC1. The highest BCUT2D eigenvalue weighted by Crippen LogP contribution is 2.46. The summed E-state index contributed by atoms with van der Waals surface area (Å²) in [6.45, 7) is 4.00. The molecule has 0 heterocycles. The Hall–Kier alpha value is -2.18. The number of amides is 1. The number of alkyl halides is 3. The molecule has 0 aromatic heterocycles. The third-order valence-corrected chi connectivity index (χ3v) is 6.97. The number of rotatable bonds is 7. The van der Waals surface area contributed by atoms with E-state index in [1.165, 1.54) is 6.07 Å². The number of nitrogens with one attached hydrogen (secondary N) is 1. The molecule has 1 saturated carbocycles. The molecule has 32 heavy (non-hydrogen) atoms. The van der Waals surface area contributed by atoms with Crippen molar-refractivity contribution in [2.24, 2.45) is 0 Å². The maximum absolute atomic E-state index is 13.9. The molecule has 0 spiro atoms. The second-order valence-electron chi connectivity index (χ2n) is 9.40. The predicted molar refractivity (Wildman–Crippen MR) is 118 cm³/mol. The number of carbonyl (C=O) groups excluding carboxylic acids is 1. The number of hydrogen-bond donors (Lipinski definition) is 3. The van der Waals surface area contributed by atoms with Crippen LogP contribution in [0.25, 0.3) is 0 Å². The lowest BCUT2D eigenvalue weighted by Gasteiger charge is -2.33. The Bertz CT molecular complexity index is 870. The molecule has 7 heteroatoms. The van der Waals surface area contributed by atoms with Crippen molar-refractivity contribution < 1.29 is 28.2 Å². The average molecular weight is 454 g/mol. The first-order valence-electron chi connectivity index (χ1n) is 11.7. The second kappa shape index (κ2) is 9.75. The Balaban J connectivity index is 2.05. The molecule has 2 aliphatic rings. The highest BCUT2D eigenvalue weighted by molar-refractivity contribution is 6.00. The van der Waals surface area contributed by atoms with Gasteiger partial charge >= 0.3 is 6.18 Å². The van der Waals surface area contributed by atoms with Crippen LogP contribution in [0.4, 0.5) is 13.2 Å². The minimum absolute atomic E-state index is 0.104. The van der Waals surface area contributed by atoms with Gasteiger partial charge in [-0.3, -0.25) is 4.79 Å². The summed E-state index contributed by atoms with van der Waals surface area (Å²) in [5.41, 5.74) is -0.639. The normalized spacial score (nSPS) is 20.8. The number of carbonyl (C=O) groups is 1. The first-order valence-corrected chi connectivity index (χ1v) is 11.7. The summed E-state index contributed by atoms with van der Waals surface area (Å²) >= 11 is 0. The van der Waals surface area contributed by atoms with Crippen molar-refractivity contribution in [1.82, 2.24) is 5.32 Å². The molecule has 1 atom stereocenters. The van der Waals surface area contributed by atoms with E-state index in [2.05, 4.69) is 5.32 Å². The van der Waals surface area contributed by atoms with Crippen LogP contribution in [0.3, 0.4) is 0 Å². The molecule has 1 unspecified atom stereocenters. The zero-order valence-corrected chi connectivity index (χ0v) is 18.9. The number of unbranched alkanes of at least 4 members (excludes halogenated alkanes) is 2. The number of phenols is 2. The Morgan fingerprint density at radius 2 is 1.88 bits per heavy atom. The monoisotopic (exact) mass is 453 g/mol. The molecule has 1 fully saturated rings. The third-order valence-electron chi connectivity index (χ3n) is 6.97. The van der Waals surface area contributed by atoms with Crippen molar-refractivity contribution in [2.45, 2.75) is 102 Å². The summed E-state index contributed by atoms with van der Waals surface area (Å²) in [7, 11) is 0. The van der Waals surface area contributed by atoms with Crippen LogP contribution in [-0.2, 0) is 6.42 Å². The minimum Gasteiger partial charge on any atom is -0.507 e. The van der Waals surface area contributed by atoms with E-state index in [1.54, 1.807) is 0 Å². The summed E-state index contributed by atoms with van der Waals surface area (Å²) in [4.78, 5) is 13.3. The van der Waals surface area contributed by atoms with Crippen molar-refractivity contribution in [3.63, 3.8) is 0 Å². The van der Waals surface area contributed by atoms with Crippen molar-refractivity contribution in [2.75, 3.05) is 0 Å². The van der Waals surface area contributed by atoms with Gasteiger partial charge in [-0.2, -0.15) is 13.2 Å². The number of aryl methyl sites for hydroxylation is 1. The van der Waals surface area contributed by atoms with Crippen LogP contribution < -0.4 is 5.32 Å². The zero-order valence-electron chi connectivity index (χ0n) is 18.9. The third kappa shape index (κ3) is 4.91. The van der Waals surface area contributed by atoms with Crippen LogP contribution >= 0.6 is 0 Å². The van der Waals surface area contributed by atoms with E-state index in [0.29, 0.717) is 37.7 Å². The summed E-state index contributed by atoms with van der Waals surface area (Å²) in [6, 6.07) is 1.46. The Labute approximate surface area is 187 Å². The maximum Gasteiger partial charge on any atom is 0.411 e. The van der Waals surface area contributed by atoms with Gasteiger partial charge in [0.2, 0.25) is 0 Å². The largest absolute Gasteiger partial charge is 0.507 e. The van der Waals surface area contributed by atoms with Gasteiger partial charge in [0, 0.05) is 11.5 Å². The highest BCUT2D eigenvalue weighted by atomic mass is 19.4. The summed E-state index contributed by atoms with van der Waals surface area (Å²) < 4.78 is 41.7. The topological polar surface area (TPSA) is 69.6 Å². The van der Waals surface area contributed by atoms with Crippen LogP contribution in [0.2, 0.25) is 0 Å². The predicted octanol–water partition coefficient (Wildman–Crippen LogP) is 6.65. The zero-order chi connectivity index (χ0) is 23.5. The molecule has 0 bridgehead atoms. The molecule has 4 nitrogen and oxygen atoms in total. The van der Waals surface area contributed by atoms with Gasteiger partial charge in [-0.05, 0) is 63.5 Å². The summed E-state index contributed by atoms with van der Waals surface area (Å²) in [5, 5.41) is 24.1. The van der Waals surface area contributed by atoms with E-state index < -0.39 is 17.6 Å². The molecular formula is C25H34F3NO3. The maximum atomic E-state index is 13.9. The van der Waals surface area contributed by atoms with Gasteiger partial charge in [0.15, 0.2) is 0 Å². The number of halogens is 3. The van der Waals surface area contributed by atoms with Gasteiger partial charge < -0.3 is 15.5 Å². The van der Waals surface area contributed by atoms with Gasteiger partial charge in [0.25, 0.3) is 5.91 Å². The van der Waals surface area contributed by atoms with Crippen LogP contribution in [-0.4, -0.2) is 27.8 Å². The number of phenolic OH excluding ortho intramolecular Hbond substituents is 2. The van der Waals surface area contributed by atoms with Crippen molar-refractivity contribution in [3.05, 3.63) is 34.4 Å². The van der Waals surface area contributed by atoms with Gasteiger partial charge in [-0.1, -0.05) is 44.3 Å². The molecule has 178 valence electrons. The smallest absolute Gasteiger partial charge is 0.411 e. The van der Waals surface area contributed by atoms with E-state index in [-0.39, 0.29) is 41.4 Å². The molecule has 1 aromatic rings. The quantitative estimate of drug-likeness (QED) is 0.320. The van der Waals surface area contributed by atoms with E-state index in [9.17, 15) is 28.2 Å². The fraction of sp³-hybridized carbons (Fsp3) is 0.640. The van der Waals surface area contributed by atoms with Gasteiger partial charge in [0.05, 0.1) is 5.56 Å². The van der Waals surface area contributed by atoms with Gasteiger partial charge in [-0.15, -0.1) is 0 Å². The number of allylic oxidation sites excluding steroid dienone is 2. The van der Waals surface area contributed by atoms with Crippen molar-refractivity contribution >= 4 is 5.91 Å². The summed E-state index contributed by atoms with van der Waals surface area (Å²) in [6.07, 6.45) is 3.27. The van der Waals surface area contributed by atoms with Crippen molar-refractivity contribution in [3.8, 4) is 11.5 Å². The fourth-order valence-electron chi connectivity index (χ4n) is 5.18. The lowest BCUT2D eigenvalue weighted by atomic mass is 9.83.